The number of amides is 1. The van der Waals surface area contributed by atoms with Crippen LogP contribution >= 0.6 is 0 Å². The van der Waals surface area contributed by atoms with E-state index in [4.69, 9.17) is 4.42 Å². The molecule has 1 saturated carbocycles. The predicted molar refractivity (Wildman–Crippen MR) is 81.4 cm³/mol. The quantitative estimate of drug-likeness (QED) is 0.805. The fourth-order valence-corrected chi connectivity index (χ4v) is 2.67. The highest BCUT2D eigenvalue weighted by molar-refractivity contribution is 6.07. The molecule has 1 N–H and O–H groups in total. The zero-order valence-corrected chi connectivity index (χ0v) is 12.5. The standard InChI is InChI=1S/C16H16N4O2/c1-9-14-11(16(21)17-10-5-6-10)8-12(13-4-3-7-22-13)18-15(14)20(2)19-9/h3-4,7-8,10H,5-6H2,1-2H3,(H,17,21). The second kappa shape index (κ2) is 4.69. The fourth-order valence-electron chi connectivity index (χ4n) is 2.67. The normalized spacial score (nSPS) is 14.5. The monoisotopic (exact) mass is 296 g/mol. The van der Waals surface area contributed by atoms with Gasteiger partial charge in [0.05, 0.1) is 22.9 Å². The summed E-state index contributed by atoms with van der Waals surface area (Å²) in [7, 11) is 1.83. The van der Waals surface area contributed by atoms with Gasteiger partial charge in [0.2, 0.25) is 0 Å². The van der Waals surface area contributed by atoms with Gasteiger partial charge in [-0.05, 0) is 38.0 Å². The third-order valence-electron chi connectivity index (χ3n) is 3.90. The Balaban J connectivity index is 1.93. The molecule has 0 aliphatic heterocycles. The van der Waals surface area contributed by atoms with E-state index in [2.05, 4.69) is 15.4 Å². The first-order chi connectivity index (χ1) is 10.6. The lowest BCUT2D eigenvalue weighted by Gasteiger charge is -2.07. The minimum absolute atomic E-state index is 0.0705. The van der Waals surface area contributed by atoms with Gasteiger partial charge in [-0.1, -0.05) is 0 Å². The number of fused-ring (bicyclic) bond motifs is 1. The van der Waals surface area contributed by atoms with Crippen LogP contribution in [-0.2, 0) is 7.05 Å². The lowest BCUT2D eigenvalue weighted by atomic mass is 10.1. The first-order valence-corrected chi connectivity index (χ1v) is 7.32. The molecule has 3 aromatic rings. The number of pyridine rings is 1. The number of aromatic nitrogens is 3. The molecule has 6 heteroatoms. The highest BCUT2D eigenvalue weighted by Crippen LogP contribution is 2.28. The van der Waals surface area contributed by atoms with Gasteiger partial charge in [-0.3, -0.25) is 9.48 Å². The molecule has 0 saturated heterocycles. The molecule has 0 bridgehead atoms. The van der Waals surface area contributed by atoms with Crippen molar-refractivity contribution in [2.24, 2.45) is 7.05 Å². The Kier molecular flexibility index (Phi) is 2.79. The summed E-state index contributed by atoms with van der Waals surface area (Å²) in [6.07, 6.45) is 3.70. The molecule has 0 aromatic carbocycles. The van der Waals surface area contributed by atoms with E-state index in [1.165, 1.54) is 0 Å². The van der Waals surface area contributed by atoms with Crippen molar-refractivity contribution in [2.75, 3.05) is 0 Å². The molecule has 0 unspecified atom stereocenters. The summed E-state index contributed by atoms with van der Waals surface area (Å²) in [4.78, 5) is 17.2. The van der Waals surface area contributed by atoms with Crippen molar-refractivity contribution in [2.45, 2.75) is 25.8 Å². The van der Waals surface area contributed by atoms with Gasteiger partial charge in [-0.25, -0.2) is 4.98 Å². The van der Waals surface area contributed by atoms with Crippen LogP contribution in [0.15, 0.2) is 28.9 Å². The van der Waals surface area contributed by atoms with E-state index in [1.54, 1.807) is 23.1 Å². The fraction of sp³-hybridized carbons (Fsp3) is 0.312. The maximum Gasteiger partial charge on any atom is 0.252 e. The van der Waals surface area contributed by atoms with Crippen LogP contribution in [0.25, 0.3) is 22.5 Å². The third-order valence-corrected chi connectivity index (χ3v) is 3.90. The van der Waals surface area contributed by atoms with Crippen LogP contribution in [0.1, 0.15) is 28.9 Å². The summed E-state index contributed by atoms with van der Waals surface area (Å²) in [5.74, 6) is 0.569. The van der Waals surface area contributed by atoms with Gasteiger partial charge in [0.15, 0.2) is 11.4 Å². The molecule has 1 amide bonds. The molecule has 22 heavy (non-hydrogen) atoms. The summed E-state index contributed by atoms with van der Waals surface area (Å²) in [5, 5.41) is 8.23. The van der Waals surface area contributed by atoms with Crippen LogP contribution in [0.3, 0.4) is 0 Å². The van der Waals surface area contributed by atoms with Gasteiger partial charge < -0.3 is 9.73 Å². The number of furan rings is 1. The van der Waals surface area contributed by atoms with Crippen LogP contribution in [0.4, 0.5) is 0 Å². The van der Waals surface area contributed by atoms with Crippen LogP contribution in [0.5, 0.6) is 0 Å². The lowest BCUT2D eigenvalue weighted by molar-refractivity contribution is 0.0952. The van der Waals surface area contributed by atoms with Crippen molar-refractivity contribution in [1.82, 2.24) is 20.1 Å². The van der Waals surface area contributed by atoms with Gasteiger partial charge >= 0.3 is 0 Å². The molecule has 112 valence electrons. The summed E-state index contributed by atoms with van der Waals surface area (Å²) in [6, 6.07) is 5.73. The van der Waals surface area contributed by atoms with E-state index >= 15 is 0 Å². The molecule has 1 aliphatic carbocycles. The van der Waals surface area contributed by atoms with Crippen molar-refractivity contribution >= 4 is 16.9 Å². The van der Waals surface area contributed by atoms with Crippen molar-refractivity contribution in [1.29, 1.82) is 0 Å². The second-order valence-corrected chi connectivity index (χ2v) is 5.69. The van der Waals surface area contributed by atoms with Crippen molar-refractivity contribution in [3.05, 3.63) is 35.7 Å². The van der Waals surface area contributed by atoms with Crippen LogP contribution in [0.2, 0.25) is 0 Å². The maximum absolute atomic E-state index is 12.6. The number of aryl methyl sites for hydroxylation is 2. The molecule has 0 radical (unpaired) electrons. The number of hydrogen-bond donors (Lipinski definition) is 1. The minimum Gasteiger partial charge on any atom is -0.463 e. The van der Waals surface area contributed by atoms with Gasteiger partial charge in [-0.15, -0.1) is 0 Å². The molecule has 3 heterocycles. The summed E-state index contributed by atoms with van der Waals surface area (Å²) in [6.45, 7) is 1.89. The van der Waals surface area contributed by atoms with E-state index in [1.807, 2.05) is 20.0 Å². The van der Waals surface area contributed by atoms with Crippen molar-refractivity contribution in [3.8, 4) is 11.5 Å². The van der Waals surface area contributed by atoms with Gasteiger partial charge in [0.25, 0.3) is 5.91 Å². The average Bonchev–Trinajstić information content (AvgIpc) is 3.05. The molecule has 1 fully saturated rings. The Morgan fingerprint density at radius 2 is 2.27 bits per heavy atom. The SMILES string of the molecule is Cc1nn(C)c2nc(-c3ccco3)cc(C(=O)NC3CC3)c12. The number of nitrogens with zero attached hydrogens (tertiary/aromatic N) is 3. The molecule has 6 nitrogen and oxygen atoms in total. The van der Waals surface area contributed by atoms with E-state index < -0.39 is 0 Å². The highest BCUT2D eigenvalue weighted by Gasteiger charge is 2.26. The highest BCUT2D eigenvalue weighted by atomic mass is 16.3. The zero-order chi connectivity index (χ0) is 15.3. The summed E-state index contributed by atoms with van der Waals surface area (Å²) >= 11 is 0. The second-order valence-electron chi connectivity index (χ2n) is 5.69. The van der Waals surface area contributed by atoms with Crippen LogP contribution < -0.4 is 5.32 Å². The Bertz CT molecular complexity index is 860. The number of nitrogens with one attached hydrogen (secondary N) is 1. The molecule has 3 aromatic heterocycles. The topological polar surface area (TPSA) is 73.0 Å². The van der Waals surface area contributed by atoms with Gasteiger partial charge in [-0.2, -0.15) is 5.10 Å². The van der Waals surface area contributed by atoms with Crippen molar-refractivity contribution in [3.63, 3.8) is 0 Å². The molecule has 4 rings (SSSR count). The average molecular weight is 296 g/mol. The van der Waals surface area contributed by atoms with E-state index in [0.717, 1.165) is 23.9 Å². The molecule has 0 atom stereocenters. The van der Waals surface area contributed by atoms with E-state index in [9.17, 15) is 4.79 Å². The number of hydrogen-bond acceptors (Lipinski definition) is 4. The molecule has 0 spiro atoms. The molecular formula is C16H16N4O2. The van der Waals surface area contributed by atoms with Gasteiger partial charge in [0, 0.05) is 13.1 Å². The molecule has 1 aliphatic rings. The van der Waals surface area contributed by atoms with Crippen molar-refractivity contribution < 1.29 is 9.21 Å². The van der Waals surface area contributed by atoms with E-state index in [0.29, 0.717) is 28.7 Å². The summed E-state index contributed by atoms with van der Waals surface area (Å²) < 4.78 is 7.12. The number of carbonyl (C=O) groups is 1. The third kappa shape index (κ3) is 2.07. The Hall–Kier alpha value is -2.63. The predicted octanol–water partition coefficient (Wildman–Crippen LogP) is 2.43. The molecular weight excluding hydrogens is 280 g/mol. The minimum atomic E-state index is -0.0705. The Morgan fingerprint density at radius 1 is 1.45 bits per heavy atom. The Labute approximate surface area is 127 Å². The first kappa shape index (κ1) is 13.1. The lowest BCUT2D eigenvalue weighted by Crippen LogP contribution is -2.25. The van der Waals surface area contributed by atoms with Gasteiger partial charge in [0.1, 0.15) is 5.69 Å². The van der Waals surface area contributed by atoms with Crippen LogP contribution in [-0.4, -0.2) is 26.7 Å². The van der Waals surface area contributed by atoms with E-state index in [-0.39, 0.29) is 5.91 Å². The van der Waals surface area contributed by atoms with Crippen LogP contribution in [0, 0.1) is 6.92 Å². The Morgan fingerprint density at radius 3 is 2.95 bits per heavy atom. The summed E-state index contributed by atoms with van der Waals surface area (Å²) in [5.41, 5.74) is 2.74. The smallest absolute Gasteiger partial charge is 0.252 e. The number of carbonyl (C=O) groups excluding carboxylic acids is 1. The first-order valence-electron chi connectivity index (χ1n) is 7.32. The number of rotatable bonds is 3. The maximum atomic E-state index is 12.6. The zero-order valence-electron chi connectivity index (χ0n) is 12.5. The largest absolute Gasteiger partial charge is 0.463 e.